The molecule has 78 valence electrons. The van der Waals surface area contributed by atoms with E-state index in [-0.39, 0.29) is 5.54 Å². The third-order valence-corrected chi connectivity index (χ3v) is 4.33. The van der Waals surface area contributed by atoms with Crippen LogP contribution in [-0.4, -0.2) is 16.4 Å². The maximum Gasteiger partial charge on any atom is 0.107 e. The number of nitrogens with one attached hydrogen (secondary N) is 1. The maximum absolute atomic E-state index is 5.95. The topological polar surface area (TPSA) is 24.9 Å². The van der Waals surface area contributed by atoms with Gasteiger partial charge in [-0.25, -0.2) is 4.98 Å². The van der Waals surface area contributed by atoms with Gasteiger partial charge in [0.15, 0.2) is 0 Å². The zero-order chi connectivity index (χ0) is 10.0. The first-order valence-electron chi connectivity index (χ1n) is 4.96. The van der Waals surface area contributed by atoms with Crippen LogP contribution in [0.2, 0.25) is 0 Å². The van der Waals surface area contributed by atoms with Crippen LogP contribution in [0, 0.1) is 6.92 Å². The van der Waals surface area contributed by atoms with E-state index in [0.29, 0.717) is 0 Å². The molecule has 1 aliphatic rings. The van der Waals surface area contributed by atoms with E-state index in [2.05, 4.69) is 15.7 Å². The van der Waals surface area contributed by atoms with Crippen LogP contribution in [0.4, 0.5) is 0 Å². The minimum Gasteiger partial charge on any atom is -0.304 e. The first-order valence-corrected chi connectivity index (χ1v) is 6.37. The molecule has 1 fully saturated rings. The zero-order valence-electron chi connectivity index (χ0n) is 8.35. The van der Waals surface area contributed by atoms with Crippen molar-refractivity contribution >= 4 is 22.9 Å². The lowest BCUT2D eigenvalue weighted by molar-refractivity contribution is 0.211. The van der Waals surface area contributed by atoms with E-state index >= 15 is 0 Å². The first kappa shape index (κ1) is 10.4. The van der Waals surface area contributed by atoms with E-state index in [0.717, 1.165) is 18.1 Å². The van der Waals surface area contributed by atoms with Crippen molar-refractivity contribution in [1.29, 1.82) is 0 Å². The van der Waals surface area contributed by atoms with Gasteiger partial charge in [0.05, 0.1) is 0 Å². The van der Waals surface area contributed by atoms with Gasteiger partial charge < -0.3 is 5.32 Å². The minimum absolute atomic E-state index is 0.209. The highest BCUT2D eigenvalue weighted by atomic mass is 35.5. The summed E-state index contributed by atoms with van der Waals surface area (Å²) in [6.07, 6.45) is 3.72. The quantitative estimate of drug-likeness (QED) is 0.805. The van der Waals surface area contributed by atoms with Crippen LogP contribution in [0.3, 0.4) is 0 Å². The molecule has 4 heteroatoms. The monoisotopic (exact) mass is 230 g/mol. The SMILES string of the molecule is Cc1csc(CNC2(CCl)CCC2)n1. The number of rotatable bonds is 4. The first-order chi connectivity index (χ1) is 6.74. The number of halogens is 1. The molecule has 0 saturated heterocycles. The highest BCUT2D eigenvalue weighted by Gasteiger charge is 2.35. The second kappa shape index (κ2) is 4.17. The normalized spacial score (nSPS) is 19.3. The van der Waals surface area contributed by atoms with Gasteiger partial charge in [0, 0.05) is 29.0 Å². The molecule has 0 amide bonds. The summed E-state index contributed by atoms with van der Waals surface area (Å²) >= 11 is 7.67. The van der Waals surface area contributed by atoms with Gasteiger partial charge in [-0.05, 0) is 26.2 Å². The molecule has 0 bridgehead atoms. The summed E-state index contributed by atoms with van der Waals surface area (Å²) in [5.74, 6) is 0.720. The van der Waals surface area contributed by atoms with E-state index < -0.39 is 0 Å². The van der Waals surface area contributed by atoms with Crippen molar-refractivity contribution in [3.8, 4) is 0 Å². The van der Waals surface area contributed by atoms with Crippen LogP contribution in [0.1, 0.15) is 30.0 Å². The molecule has 1 N–H and O–H groups in total. The van der Waals surface area contributed by atoms with Crippen LogP contribution < -0.4 is 5.32 Å². The third-order valence-electron chi connectivity index (χ3n) is 2.85. The molecule has 0 aromatic carbocycles. The zero-order valence-corrected chi connectivity index (χ0v) is 9.92. The number of alkyl halides is 1. The summed E-state index contributed by atoms with van der Waals surface area (Å²) in [6.45, 7) is 2.89. The Morgan fingerprint density at radius 3 is 2.86 bits per heavy atom. The Labute approximate surface area is 93.7 Å². The molecule has 0 atom stereocenters. The Morgan fingerprint density at radius 2 is 2.43 bits per heavy atom. The lowest BCUT2D eigenvalue weighted by atomic mass is 9.78. The molecular weight excluding hydrogens is 216 g/mol. The van der Waals surface area contributed by atoms with Crippen molar-refractivity contribution in [1.82, 2.24) is 10.3 Å². The average molecular weight is 231 g/mol. The Hall–Kier alpha value is -0.120. The molecule has 1 saturated carbocycles. The Bertz CT molecular complexity index is 301. The van der Waals surface area contributed by atoms with Gasteiger partial charge in [-0.3, -0.25) is 0 Å². The number of aryl methyl sites for hydroxylation is 1. The van der Waals surface area contributed by atoms with Gasteiger partial charge in [-0.1, -0.05) is 0 Å². The van der Waals surface area contributed by atoms with Crippen molar-refractivity contribution in [3.05, 3.63) is 16.1 Å². The average Bonchev–Trinajstić information content (AvgIpc) is 2.50. The van der Waals surface area contributed by atoms with Crippen LogP contribution in [0.5, 0.6) is 0 Å². The fourth-order valence-electron chi connectivity index (χ4n) is 1.71. The van der Waals surface area contributed by atoms with E-state index in [9.17, 15) is 0 Å². The second-order valence-corrected chi connectivity index (χ2v) is 5.21. The lowest BCUT2D eigenvalue weighted by Crippen LogP contribution is -2.52. The van der Waals surface area contributed by atoms with Gasteiger partial charge in [0.25, 0.3) is 0 Å². The van der Waals surface area contributed by atoms with Crippen LogP contribution in [0.25, 0.3) is 0 Å². The van der Waals surface area contributed by atoms with E-state index in [4.69, 9.17) is 11.6 Å². The standard InChI is InChI=1S/C10H15ClN2S/c1-8-6-14-9(13-8)5-12-10(7-11)3-2-4-10/h6,12H,2-5,7H2,1H3. The molecule has 0 aliphatic heterocycles. The number of aromatic nitrogens is 1. The van der Waals surface area contributed by atoms with Gasteiger partial charge in [-0.15, -0.1) is 22.9 Å². The van der Waals surface area contributed by atoms with Gasteiger partial charge in [-0.2, -0.15) is 0 Å². The lowest BCUT2D eigenvalue weighted by Gasteiger charge is -2.41. The molecular formula is C10H15ClN2S. The molecule has 0 unspecified atom stereocenters. The molecule has 14 heavy (non-hydrogen) atoms. The molecule has 2 rings (SSSR count). The summed E-state index contributed by atoms with van der Waals surface area (Å²) in [5.41, 5.74) is 1.32. The summed E-state index contributed by atoms with van der Waals surface area (Å²) in [5, 5.41) is 6.78. The molecule has 1 aromatic heterocycles. The molecule has 1 heterocycles. The van der Waals surface area contributed by atoms with Crippen molar-refractivity contribution < 1.29 is 0 Å². The van der Waals surface area contributed by atoms with Gasteiger partial charge in [0.2, 0.25) is 0 Å². The highest BCUT2D eigenvalue weighted by molar-refractivity contribution is 7.09. The number of hydrogen-bond donors (Lipinski definition) is 1. The summed E-state index contributed by atoms with van der Waals surface area (Å²) < 4.78 is 0. The predicted octanol–water partition coefficient (Wildman–Crippen LogP) is 2.70. The number of hydrogen-bond acceptors (Lipinski definition) is 3. The fourth-order valence-corrected chi connectivity index (χ4v) is 2.78. The molecule has 0 spiro atoms. The van der Waals surface area contributed by atoms with Crippen LogP contribution >= 0.6 is 22.9 Å². The number of thiazole rings is 1. The highest BCUT2D eigenvalue weighted by Crippen LogP contribution is 2.33. The Morgan fingerprint density at radius 1 is 1.64 bits per heavy atom. The summed E-state index contributed by atoms with van der Waals surface area (Å²) in [4.78, 5) is 4.42. The predicted molar refractivity (Wildman–Crippen MR) is 61.0 cm³/mol. The Kier molecular flexibility index (Phi) is 3.10. The van der Waals surface area contributed by atoms with Gasteiger partial charge >= 0.3 is 0 Å². The second-order valence-electron chi connectivity index (χ2n) is 4.00. The smallest absolute Gasteiger partial charge is 0.107 e. The molecule has 2 nitrogen and oxygen atoms in total. The largest absolute Gasteiger partial charge is 0.304 e. The van der Waals surface area contributed by atoms with E-state index in [1.54, 1.807) is 11.3 Å². The molecule has 1 aromatic rings. The van der Waals surface area contributed by atoms with Crippen molar-refractivity contribution in [3.63, 3.8) is 0 Å². The van der Waals surface area contributed by atoms with Crippen molar-refractivity contribution in [2.24, 2.45) is 0 Å². The summed E-state index contributed by atoms with van der Waals surface area (Å²) in [6, 6.07) is 0. The third kappa shape index (κ3) is 2.10. The molecule has 0 radical (unpaired) electrons. The summed E-state index contributed by atoms with van der Waals surface area (Å²) in [7, 11) is 0. The van der Waals surface area contributed by atoms with Gasteiger partial charge in [0.1, 0.15) is 5.01 Å². The van der Waals surface area contributed by atoms with E-state index in [1.807, 2.05) is 6.92 Å². The number of nitrogens with zero attached hydrogens (tertiary/aromatic N) is 1. The fraction of sp³-hybridized carbons (Fsp3) is 0.700. The van der Waals surface area contributed by atoms with E-state index in [1.165, 1.54) is 24.3 Å². The Balaban J connectivity index is 1.87. The van der Waals surface area contributed by atoms with Crippen LogP contribution in [0.15, 0.2) is 5.38 Å². The molecule has 1 aliphatic carbocycles. The van der Waals surface area contributed by atoms with Crippen molar-refractivity contribution in [2.45, 2.75) is 38.3 Å². The maximum atomic E-state index is 5.95. The van der Waals surface area contributed by atoms with Crippen LogP contribution in [-0.2, 0) is 6.54 Å². The van der Waals surface area contributed by atoms with Crippen molar-refractivity contribution in [2.75, 3.05) is 5.88 Å². The minimum atomic E-state index is 0.209.